The molecular formula is C14H16N2O5. The van der Waals surface area contributed by atoms with Crippen LogP contribution in [-0.4, -0.2) is 32.2 Å². The van der Waals surface area contributed by atoms with E-state index in [1.807, 2.05) is 0 Å². The summed E-state index contributed by atoms with van der Waals surface area (Å²) in [5, 5.41) is 2.74. The number of benzene rings is 1. The van der Waals surface area contributed by atoms with Crippen LogP contribution in [0.5, 0.6) is 17.2 Å². The maximum absolute atomic E-state index is 11.9. The van der Waals surface area contributed by atoms with E-state index in [0.717, 1.165) is 0 Å². The lowest BCUT2D eigenvalue weighted by Gasteiger charge is -2.14. The SMILES string of the molecule is COc1cc(NC(=O)Cc2cocn2)cc(OC)c1OC. The van der Waals surface area contributed by atoms with Gasteiger partial charge in [0.15, 0.2) is 17.9 Å². The third-order valence-electron chi connectivity index (χ3n) is 2.77. The van der Waals surface area contributed by atoms with E-state index < -0.39 is 0 Å². The second kappa shape index (κ2) is 6.65. The Morgan fingerprint density at radius 3 is 2.33 bits per heavy atom. The summed E-state index contributed by atoms with van der Waals surface area (Å²) in [6.45, 7) is 0. The number of aromatic nitrogens is 1. The molecule has 0 saturated heterocycles. The number of hydrogen-bond acceptors (Lipinski definition) is 6. The number of anilines is 1. The van der Waals surface area contributed by atoms with Crippen molar-refractivity contribution in [1.82, 2.24) is 4.98 Å². The molecule has 0 fully saturated rings. The van der Waals surface area contributed by atoms with Crippen LogP contribution in [0.1, 0.15) is 5.69 Å². The van der Waals surface area contributed by atoms with Crippen molar-refractivity contribution in [2.45, 2.75) is 6.42 Å². The van der Waals surface area contributed by atoms with Gasteiger partial charge in [-0.3, -0.25) is 4.79 Å². The normalized spacial score (nSPS) is 10.0. The zero-order valence-corrected chi connectivity index (χ0v) is 12.0. The summed E-state index contributed by atoms with van der Waals surface area (Å²) in [5.74, 6) is 1.18. The van der Waals surface area contributed by atoms with Crippen LogP contribution < -0.4 is 19.5 Å². The van der Waals surface area contributed by atoms with Crippen LogP contribution in [0.4, 0.5) is 5.69 Å². The zero-order chi connectivity index (χ0) is 15.2. The molecular weight excluding hydrogens is 276 g/mol. The summed E-state index contributed by atoms with van der Waals surface area (Å²) < 4.78 is 20.5. The Bertz CT molecular complexity index is 585. The minimum absolute atomic E-state index is 0.118. The maximum Gasteiger partial charge on any atom is 0.230 e. The monoisotopic (exact) mass is 292 g/mol. The molecule has 0 aliphatic heterocycles. The van der Waals surface area contributed by atoms with Gasteiger partial charge in [-0.25, -0.2) is 4.98 Å². The number of rotatable bonds is 6. The molecule has 1 heterocycles. The minimum atomic E-state index is -0.224. The van der Waals surface area contributed by atoms with E-state index >= 15 is 0 Å². The van der Waals surface area contributed by atoms with Crippen molar-refractivity contribution in [3.63, 3.8) is 0 Å². The Morgan fingerprint density at radius 2 is 1.86 bits per heavy atom. The van der Waals surface area contributed by atoms with Gasteiger partial charge in [0.05, 0.1) is 33.4 Å². The smallest absolute Gasteiger partial charge is 0.230 e. The Hall–Kier alpha value is -2.70. The van der Waals surface area contributed by atoms with Gasteiger partial charge in [-0.2, -0.15) is 0 Å². The molecule has 0 aliphatic rings. The number of amides is 1. The van der Waals surface area contributed by atoms with Gasteiger partial charge in [0, 0.05) is 17.8 Å². The lowest BCUT2D eigenvalue weighted by atomic mass is 10.2. The molecule has 0 aliphatic carbocycles. The molecule has 21 heavy (non-hydrogen) atoms. The van der Waals surface area contributed by atoms with E-state index in [4.69, 9.17) is 18.6 Å². The average Bonchev–Trinajstić information content (AvgIpc) is 2.98. The largest absolute Gasteiger partial charge is 0.493 e. The first-order valence-corrected chi connectivity index (χ1v) is 6.14. The average molecular weight is 292 g/mol. The molecule has 7 nitrogen and oxygen atoms in total. The maximum atomic E-state index is 11.9. The first-order valence-electron chi connectivity index (χ1n) is 6.14. The summed E-state index contributed by atoms with van der Waals surface area (Å²) in [4.78, 5) is 15.8. The fourth-order valence-corrected chi connectivity index (χ4v) is 1.85. The number of ether oxygens (including phenoxy) is 3. The van der Waals surface area contributed by atoms with Crippen LogP contribution in [0.25, 0.3) is 0 Å². The lowest BCUT2D eigenvalue weighted by Crippen LogP contribution is -2.14. The van der Waals surface area contributed by atoms with Crippen molar-refractivity contribution in [2.24, 2.45) is 0 Å². The van der Waals surface area contributed by atoms with Gasteiger partial charge in [-0.1, -0.05) is 0 Å². The van der Waals surface area contributed by atoms with Gasteiger partial charge in [0.1, 0.15) is 6.26 Å². The zero-order valence-electron chi connectivity index (χ0n) is 12.0. The number of hydrogen-bond donors (Lipinski definition) is 1. The number of oxazole rings is 1. The molecule has 0 radical (unpaired) electrons. The van der Waals surface area contributed by atoms with Crippen LogP contribution >= 0.6 is 0 Å². The molecule has 1 N–H and O–H groups in total. The lowest BCUT2D eigenvalue weighted by molar-refractivity contribution is -0.115. The molecule has 1 aromatic heterocycles. The molecule has 7 heteroatoms. The first-order chi connectivity index (χ1) is 10.2. The van der Waals surface area contributed by atoms with Crippen LogP contribution in [0.2, 0.25) is 0 Å². The summed E-state index contributed by atoms with van der Waals surface area (Å²) in [6, 6.07) is 3.31. The van der Waals surface area contributed by atoms with Crippen molar-refractivity contribution in [2.75, 3.05) is 26.6 Å². The quantitative estimate of drug-likeness (QED) is 0.875. The highest BCUT2D eigenvalue weighted by molar-refractivity contribution is 5.92. The molecule has 0 unspecified atom stereocenters. The third kappa shape index (κ3) is 3.44. The Balaban J connectivity index is 2.17. The highest BCUT2D eigenvalue weighted by Gasteiger charge is 2.15. The predicted octanol–water partition coefficient (Wildman–Crippen LogP) is 1.88. The topological polar surface area (TPSA) is 82.8 Å². The Morgan fingerprint density at radius 1 is 1.19 bits per heavy atom. The van der Waals surface area contributed by atoms with Crippen LogP contribution in [0, 0.1) is 0 Å². The Labute approximate surface area is 121 Å². The van der Waals surface area contributed by atoms with Gasteiger partial charge >= 0.3 is 0 Å². The van der Waals surface area contributed by atoms with Crippen molar-refractivity contribution in [1.29, 1.82) is 0 Å². The van der Waals surface area contributed by atoms with Crippen LogP contribution in [0.15, 0.2) is 29.2 Å². The van der Waals surface area contributed by atoms with Crippen LogP contribution in [0.3, 0.4) is 0 Å². The van der Waals surface area contributed by atoms with E-state index in [0.29, 0.717) is 28.6 Å². The van der Waals surface area contributed by atoms with Crippen molar-refractivity contribution < 1.29 is 23.4 Å². The van der Waals surface area contributed by atoms with Gasteiger partial charge in [0.25, 0.3) is 0 Å². The van der Waals surface area contributed by atoms with E-state index in [1.165, 1.54) is 34.0 Å². The van der Waals surface area contributed by atoms with Gasteiger partial charge in [-0.05, 0) is 0 Å². The van der Waals surface area contributed by atoms with E-state index in [1.54, 1.807) is 12.1 Å². The number of carbonyl (C=O) groups excluding carboxylic acids is 1. The molecule has 1 amide bonds. The molecule has 0 atom stereocenters. The van der Waals surface area contributed by atoms with Crippen molar-refractivity contribution in [3.8, 4) is 17.2 Å². The van der Waals surface area contributed by atoms with E-state index in [-0.39, 0.29) is 12.3 Å². The molecule has 112 valence electrons. The second-order valence-corrected chi connectivity index (χ2v) is 4.12. The number of carbonyl (C=O) groups is 1. The van der Waals surface area contributed by atoms with Crippen molar-refractivity contribution in [3.05, 3.63) is 30.5 Å². The second-order valence-electron chi connectivity index (χ2n) is 4.12. The highest BCUT2D eigenvalue weighted by atomic mass is 16.5. The van der Waals surface area contributed by atoms with Crippen molar-refractivity contribution >= 4 is 11.6 Å². The molecule has 0 saturated carbocycles. The molecule has 0 bridgehead atoms. The number of nitrogens with one attached hydrogen (secondary N) is 1. The summed E-state index contributed by atoms with van der Waals surface area (Å²) in [6.07, 6.45) is 2.82. The Kier molecular flexibility index (Phi) is 4.65. The standard InChI is InChI=1S/C14H16N2O5/c1-18-11-4-9(5-12(19-2)14(11)20-3)16-13(17)6-10-7-21-8-15-10/h4-5,7-8H,6H2,1-3H3,(H,16,17). The predicted molar refractivity (Wildman–Crippen MR) is 74.9 cm³/mol. The number of methoxy groups -OCH3 is 3. The van der Waals surface area contributed by atoms with Gasteiger partial charge in [0.2, 0.25) is 11.7 Å². The van der Waals surface area contributed by atoms with Gasteiger partial charge < -0.3 is 23.9 Å². The third-order valence-corrected chi connectivity index (χ3v) is 2.77. The highest BCUT2D eigenvalue weighted by Crippen LogP contribution is 2.39. The van der Waals surface area contributed by atoms with Gasteiger partial charge in [-0.15, -0.1) is 0 Å². The number of nitrogens with zero attached hydrogens (tertiary/aromatic N) is 1. The summed E-state index contributed by atoms with van der Waals surface area (Å²) in [5.41, 5.74) is 1.10. The van der Waals surface area contributed by atoms with E-state index in [2.05, 4.69) is 10.3 Å². The fourth-order valence-electron chi connectivity index (χ4n) is 1.85. The molecule has 0 spiro atoms. The van der Waals surface area contributed by atoms with Crippen LogP contribution in [-0.2, 0) is 11.2 Å². The summed E-state index contributed by atoms with van der Waals surface area (Å²) in [7, 11) is 4.54. The first kappa shape index (κ1) is 14.7. The molecule has 2 aromatic rings. The summed E-state index contributed by atoms with van der Waals surface area (Å²) >= 11 is 0. The molecule has 2 rings (SSSR count). The molecule has 1 aromatic carbocycles. The fraction of sp³-hybridized carbons (Fsp3) is 0.286. The van der Waals surface area contributed by atoms with E-state index in [9.17, 15) is 4.79 Å². The minimum Gasteiger partial charge on any atom is -0.493 e.